The third kappa shape index (κ3) is 7.99. The number of carboxylic acids is 1. The van der Waals surface area contributed by atoms with Crippen LogP contribution in [0.3, 0.4) is 0 Å². The summed E-state index contributed by atoms with van der Waals surface area (Å²) in [6, 6.07) is 12.2. The second-order valence-corrected chi connectivity index (χ2v) is 10.6. The van der Waals surface area contributed by atoms with Crippen LogP contribution in [0.25, 0.3) is 11.3 Å². The van der Waals surface area contributed by atoms with Gasteiger partial charge in [-0.05, 0) is 78.8 Å². The number of aromatic nitrogens is 1. The summed E-state index contributed by atoms with van der Waals surface area (Å²) in [5.74, 6) is -1.42. The number of carboxylic acid groups (broad SMARTS) is 1. The van der Waals surface area contributed by atoms with Gasteiger partial charge in [-0.2, -0.15) is 26.3 Å². The molecule has 40 heavy (non-hydrogen) atoms. The molecule has 0 saturated carbocycles. The Kier molecular flexibility index (Phi) is 9.53. The summed E-state index contributed by atoms with van der Waals surface area (Å²) < 4.78 is 79.1. The Labute approximate surface area is 229 Å². The summed E-state index contributed by atoms with van der Waals surface area (Å²) in [7, 11) is 0. The van der Waals surface area contributed by atoms with Gasteiger partial charge in [0.2, 0.25) is 0 Å². The summed E-state index contributed by atoms with van der Waals surface area (Å²) >= 11 is 0. The van der Waals surface area contributed by atoms with Crippen LogP contribution in [0.2, 0.25) is 0 Å². The highest BCUT2D eigenvalue weighted by molar-refractivity contribution is 5.78. The fourth-order valence-electron chi connectivity index (χ4n) is 4.30. The van der Waals surface area contributed by atoms with Gasteiger partial charge in [0, 0.05) is 17.8 Å². The molecule has 0 saturated heterocycles. The van der Waals surface area contributed by atoms with E-state index in [2.05, 4.69) is 4.98 Å². The molecule has 0 spiro atoms. The van der Waals surface area contributed by atoms with E-state index in [9.17, 15) is 36.2 Å². The van der Waals surface area contributed by atoms with E-state index in [1.54, 1.807) is 17.0 Å². The third-order valence-electron chi connectivity index (χ3n) is 6.46. The summed E-state index contributed by atoms with van der Waals surface area (Å²) in [5, 5.41) is 10.0. The fraction of sp³-hybridized carbons (Fsp3) is 0.400. The van der Waals surface area contributed by atoms with Gasteiger partial charge >= 0.3 is 18.3 Å². The molecule has 10 heteroatoms. The molecule has 1 atom stereocenters. The lowest BCUT2D eigenvalue weighted by molar-refractivity contribution is -0.139. The van der Waals surface area contributed by atoms with Gasteiger partial charge in [-0.1, -0.05) is 39.8 Å². The average molecular weight is 567 g/mol. The van der Waals surface area contributed by atoms with Crippen LogP contribution in [0.15, 0.2) is 60.7 Å². The molecule has 1 aromatic heterocycles. The van der Waals surface area contributed by atoms with Crippen molar-refractivity contribution in [3.8, 4) is 11.3 Å². The number of hydrogen-bond acceptors (Lipinski definition) is 3. The largest absolute Gasteiger partial charge is 0.481 e. The van der Waals surface area contributed by atoms with E-state index < -0.39 is 35.4 Å². The van der Waals surface area contributed by atoms with E-state index in [-0.39, 0.29) is 17.5 Å². The van der Waals surface area contributed by atoms with Gasteiger partial charge in [-0.25, -0.2) is 4.98 Å². The normalized spacial score (nSPS) is 13.1. The van der Waals surface area contributed by atoms with Crippen LogP contribution >= 0.6 is 0 Å². The predicted octanol–water partition coefficient (Wildman–Crippen LogP) is 9.18. The van der Waals surface area contributed by atoms with Gasteiger partial charge in [0.1, 0.15) is 5.82 Å². The number of aliphatic carboxylic acids is 1. The second-order valence-electron chi connectivity index (χ2n) is 10.6. The van der Waals surface area contributed by atoms with Crippen LogP contribution < -0.4 is 4.90 Å². The number of anilines is 2. The van der Waals surface area contributed by atoms with Crippen LogP contribution in [-0.2, 0) is 17.1 Å². The highest BCUT2D eigenvalue weighted by Crippen LogP contribution is 2.37. The maximum absolute atomic E-state index is 13.2. The zero-order valence-corrected chi connectivity index (χ0v) is 22.6. The molecule has 0 amide bonds. The van der Waals surface area contributed by atoms with Crippen molar-refractivity contribution in [3.05, 3.63) is 77.4 Å². The molecule has 4 nitrogen and oxygen atoms in total. The first-order valence-corrected chi connectivity index (χ1v) is 12.9. The molecule has 0 aliphatic carbocycles. The molecule has 2 aromatic carbocycles. The van der Waals surface area contributed by atoms with Gasteiger partial charge in [0.15, 0.2) is 0 Å². The maximum Gasteiger partial charge on any atom is 0.416 e. The number of pyridine rings is 1. The average Bonchev–Trinajstić information content (AvgIpc) is 2.86. The number of benzene rings is 2. The standard InChI is InChI=1S/C30H32F6N2O2/c1-18(2)13-14-38(24-11-9-23(10-12-24)30(34,35)36)27-17-21(25(28(39)40)15-19(3)4)16-26(37-27)20-5-7-22(8-6-20)29(31,32)33/h5-12,16-19,25H,13-15H2,1-4H3,(H,39,40). The van der Waals surface area contributed by atoms with Crippen LogP contribution in [0, 0.1) is 11.8 Å². The van der Waals surface area contributed by atoms with Crippen LogP contribution in [0.5, 0.6) is 0 Å². The van der Waals surface area contributed by atoms with Gasteiger partial charge in [0.05, 0.1) is 22.7 Å². The Bertz CT molecular complexity index is 1280. The fourth-order valence-corrected chi connectivity index (χ4v) is 4.30. The van der Waals surface area contributed by atoms with E-state index >= 15 is 0 Å². The Morgan fingerprint density at radius 2 is 1.35 bits per heavy atom. The molecule has 0 radical (unpaired) electrons. The quantitative estimate of drug-likeness (QED) is 0.249. The highest BCUT2D eigenvalue weighted by Gasteiger charge is 2.31. The van der Waals surface area contributed by atoms with Crippen molar-refractivity contribution in [2.45, 2.75) is 58.8 Å². The van der Waals surface area contributed by atoms with Crippen molar-refractivity contribution in [2.24, 2.45) is 11.8 Å². The lowest BCUT2D eigenvalue weighted by Crippen LogP contribution is -2.22. The molecule has 1 unspecified atom stereocenters. The van der Waals surface area contributed by atoms with E-state index in [0.717, 1.165) is 24.3 Å². The van der Waals surface area contributed by atoms with Crippen LogP contribution in [0.1, 0.15) is 63.1 Å². The Hall–Kier alpha value is -3.56. The number of alkyl halides is 6. The maximum atomic E-state index is 13.2. The lowest BCUT2D eigenvalue weighted by Gasteiger charge is -2.27. The zero-order valence-electron chi connectivity index (χ0n) is 22.6. The topological polar surface area (TPSA) is 53.4 Å². The summed E-state index contributed by atoms with van der Waals surface area (Å²) in [6.07, 6.45) is -8.09. The monoisotopic (exact) mass is 566 g/mol. The molecule has 0 fully saturated rings. The molecule has 0 aliphatic rings. The summed E-state index contributed by atoms with van der Waals surface area (Å²) in [6.45, 7) is 8.11. The van der Waals surface area contributed by atoms with Gasteiger partial charge < -0.3 is 10.0 Å². The number of hydrogen-bond donors (Lipinski definition) is 1. The summed E-state index contributed by atoms with van der Waals surface area (Å²) in [5.41, 5.74) is -0.206. The van der Waals surface area contributed by atoms with Gasteiger partial charge in [-0.3, -0.25) is 4.79 Å². The van der Waals surface area contributed by atoms with Crippen molar-refractivity contribution in [1.82, 2.24) is 4.98 Å². The van der Waals surface area contributed by atoms with E-state index in [1.165, 1.54) is 24.3 Å². The van der Waals surface area contributed by atoms with Crippen LogP contribution in [0.4, 0.5) is 37.8 Å². The summed E-state index contributed by atoms with van der Waals surface area (Å²) in [4.78, 5) is 18.7. The Balaban J connectivity index is 2.20. The number of carbonyl (C=O) groups is 1. The van der Waals surface area contributed by atoms with E-state index in [1.807, 2.05) is 27.7 Å². The van der Waals surface area contributed by atoms with Gasteiger partial charge in [-0.15, -0.1) is 0 Å². The minimum atomic E-state index is -4.53. The second kappa shape index (κ2) is 12.3. The molecule has 0 bridgehead atoms. The third-order valence-corrected chi connectivity index (χ3v) is 6.46. The molecule has 3 rings (SSSR count). The highest BCUT2D eigenvalue weighted by atomic mass is 19.4. The van der Waals surface area contributed by atoms with Crippen molar-refractivity contribution < 1.29 is 36.2 Å². The van der Waals surface area contributed by atoms with Gasteiger partial charge in [0.25, 0.3) is 0 Å². The van der Waals surface area contributed by atoms with Crippen molar-refractivity contribution in [3.63, 3.8) is 0 Å². The minimum Gasteiger partial charge on any atom is -0.481 e. The number of halogens is 6. The number of rotatable bonds is 10. The van der Waals surface area contributed by atoms with Crippen molar-refractivity contribution >= 4 is 17.5 Å². The SMILES string of the molecule is CC(C)CCN(c1ccc(C(F)(F)F)cc1)c1cc(C(CC(C)C)C(=O)O)cc(-c2ccc(C(F)(F)F)cc2)n1. The lowest BCUT2D eigenvalue weighted by atomic mass is 9.89. The predicted molar refractivity (Wildman–Crippen MR) is 142 cm³/mol. The first-order chi connectivity index (χ1) is 18.6. The zero-order chi connectivity index (χ0) is 29.8. The molecule has 1 N–H and O–H groups in total. The first-order valence-electron chi connectivity index (χ1n) is 12.9. The minimum absolute atomic E-state index is 0.0270. The first kappa shape index (κ1) is 31.0. The molecule has 3 aromatic rings. The Morgan fingerprint density at radius 1 is 0.825 bits per heavy atom. The van der Waals surface area contributed by atoms with E-state index in [0.29, 0.717) is 42.0 Å². The van der Waals surface area contributed by atoms with Crippen LogP contribution in [-0.4, -0.2) is 22.6 Å². The molecular weight excluding hydrogens is 534 g/mol. The smallest absolute Gasteiger partial charge is 0.416 e. The number of nitrogens with zero attached hydrogens (tertiary/aromatic N) is 2. The van der Waals surface area contributed by atoms with Crippen molar-refractivity contribution in [2.75, 3.05) is 11.4 Å². The molecular formula is C30H32F6N2O2. The molecule has 1 heterocycles. The Morgan fingerprint density at radius 3 is 1.80 bits per heavy atom. The van der Waals surface area contributed by atoms with E-state index in [4.69, 9.17) is 0 Å². The van der Waals surface area contributed by atoms with Crippen molar-refractivity contribution in [1.29, 1.82) is 0 Å². The molecule has 0 aliphatic heterocycles. The molecule has 216 valence electrons.